The Labute approximate surface area is 210 Å². The molecular weight excluding hydrogens is 490 g/mol. The number of alkyl halides is 3. The molecule has 0 amide bonds. The summed E-state index contributed by atoms with van der Waals surface area (Å²) < 4.78 is 61.4. The zero-order chi connectivity index (χ0) is 26.7. The van der Waals surface area contributed by atoms with Crippen molar-refractivity contribution in [2.24, 2.45) is 0 Å². The number of rotatable bonds is 7. The van der Waals surface area contributed by atoms with Crippen LogP contribution in [-0.4, -0.2) is 32.4 Å². The summed E-state index contributed by atoms with van der Waals surface area (Å²) >= 11 is 0. The van der Waals surface area contributed by atoms with E-state index in [9.17, 15) is 27.5 Å². The number of esters is 1. The highest BCUT2D eigenvalue weighted by Gasteiger charge is 2.41. The van der Waals surface area contributed by atoms with E-state index in [-0.39, 0.29) is 29.8 Å². The van der Waals surface area contributed by atoms with Crippen molar-refractivity contribution in [3.05, 3.63) is 95.1 Å². The molecule has 0 aliphatic rings. The number of phenolic OH excluding ortho intramolecular Hbond substituents is 1. The molecular formula is C27H23F4N3O3. The van der Waals surface area contributed by atoms with Crippen LogP contribution >= 0.6 is 0 Å². The highest BCUT2D eigenvalue weighted by Crippen LogP contribution is 2.35. The second kappa shape index (κ2) is 10.4. The van der Waals surface area contributed by atoms with Crippen LogP contribution in [0.2, 0.25) is 0 Å². The lowest BCUT2D eigenvalue weighted by Crippen LogP contribution is -2.19. The highest BCUT2D eigenvalue weighted by molar-refractivity contribution is 5.90. The molecule has 1 atom stereocenters. The largest absolute Gasteiger partial charge is 0.508 e. The molecule has 0 bridgehead atoms. The summed E-state index contributed by atoms with van der Waals surface area (Å²) in [5.74, 6) is -1.84. The molecule has 0 fully saturated rings. The fraction of sp³-hybridized carbons (Fsp3) is 0.222. The number of carbonyl (C=O) groups is 1. The van der Waals surface area contributed by atoms with E-state index in [1.54, 1.807) is 36.4 Å². The lowest BCUT2D eigenvalue weighted by Gasteiger charge is -2.18. The maximum absolute atomic E-state index is 14.3. The van der Waals surface area contributed by atoms with E-state index in [4.69, 9.17) is 4.74 Å². The molecule has 0 aliphatic heterocycles. The van der Waals surface area contributed by atoms with E-state index in [0.29, 0.717) is 16.7 Å². The van der Waals surface area contributed by atoms with Crippen LogP contribution in [0.5, 0.6) is 5.75 Å². The van der Waals surface area contributed by atoms with Gasteiger partial charge in [0.2, 0.25) is 0 Å². The second-order valence-electron chi connectivity index (χ2n) is 8.42. The van der Waals surface area contributed by atoms with E-state index in [1.165, 1.54) is 31.2 Å². The van der Waals surface area contributed by atoms with Gasteiger partial charge in [-0.1, -0.05) is 31.2 Å². The van der Waals surface area contributed by atoms with Gasteiger partial charge in [-0.05, 0) is 66.8 Å². The van der Waals surface area contributed by atoms with Gasteiger partial charge in [-0.2, -0.15) is 18.3 Å². The fourth-order valence-corrected chi connectivity index (χ4v) is 4.12. The second-order valence-corrected chi connectivity index (χ2v) is 8.42. The number of phenols is 1. The molecule has 0 saturated carbocycles. The number of aromatic nitrogens is 3. The normalized spacial score (nSPS) is 12.4. The lowest BCUT2D eigenvalue weighted by atomic mass is 9.89. The third-order valence-electron chi connectivity index (χ3n) is 5.78. The SMILES string of the molecule is CCOC(=O)c1cnn(-c2cccc(-c3cc(F)ccc3C(C)Cc3ccc(O)cc3)n2)c1C(F)(F)F. The van der Waals surface area contributed by atoms with Gasteiger partial charge in [0.15, 0.2) is 11.5 Å². The van der Waals surface area contributed by atoms with Crippen LogP contribution in [0.1, 0.15) is 46.9 Å². The fourth-order valence-electron chi connectivity index (χ4n) is 4.12. The standard InChI is InChI=1S/C27H23F4N3O3/c1-3-37-26(36)22-15-32-34(25(22)27(29,30)31)24-6-4-5-23(33-24)21-14-18(28)9-12-20(21)16(2)13-17-7-10-19(35)11-8-17/h4-12,14-16,35H,3,13H2,1-2H3. The monoisotopic (exact) mass is 513 g/mol. The van der Waals surface area contributed by atoms with E-state index >= 15 is 0 Å². The van der Waals surface area contributed by atoms with Gasteiger partial charge in [-0.3, -0.25) is 0 Å². The molecule has 192 valence electrons. The minimum atomic E-state index is -4.92. The zero-order valence-corrected chi connectivity index (χ0v) is 20.0. The molecule has 2 heterocycles. The molecule has 1 N–H and O–H groups in total. The Balaban J connectivity index is 1.77. The third kappa shape index (κ3) is 5.63. The molecule has 0 radical (unpaired) electrons. The van der Waals surface area contributed by atoms with E-state index < -0.39 is 29.2 Å². The van der Waals surface area contributed by atoms with Crippen molar-refractivity contribution in [2.75, 3.05) is 6.61 Å². The molecule has 2 aromatic heterocycles. The van der Waals surface area contributed by atoms with Gasteiger partial charge in [0, 0.05) is 5.56 Å². The predicted octanol–water partition coefficient (Wildman–Crippen LogP) is 6.32. The van der Waals surface area contributed by atoms with Crippen molar-refractivity contribution in [2.45, 2.75) is 32.4 Å². The molecule has 37 heavy (non-hydrogen) atoms. The Hall–Kier alpha value is -4.21. The predicted molar refractivity (Wildman–Crippen MR) is 128 cm³/mol. The Morgan fingerprint density at radius 2 is 1.84 bits per heavy atom. The number of hydrogen-bond acceptors (Lipinski definition) is 5. The topological polar surface area (TPSA) is 77.2 Å². The van der Waals surface area contributed by atoms with Crippen LogP contribution in [-0.2, 0) is 17.3 Å². The van der Waals surface area contributed by atoms with Crippen molar-refractivity contribution in [1.29, 1.82) is 0 Å². The first-order chi connectivity index (χ1) is 17.6. The van der Waals surface area contributed by atoms with Gasteiger partial charge in [-0.15, -0.1) is 0 Å². The molecule has 10 heteroatoms. The minimum absolute atomic E-state index is 0.0975. The molecule has 0 aliphatic carbocycles. The Kier molecular flexibility index (Phi) is 7.28. The Morgan fingerprint density at radius 3 is 2.51 bits per heavy atom. The molecule has 0 saturated heterocycles. The van der Waals surface area contributed by atoms with Crippen LogP contribution in [0.3, 0.4) is 0 Å². The zero-order valence-electron chi connectivity index (χ0n) is 20.0. The van der Waals surface area contributed by atoms with Crippen LogP contribution in [0.4, 0.5) is 17.6 Å². The number of carbonyl (C=O) groups excluding carboxylic acids is 1. The molecule has 2 aromatic carbocycles. The summed E-state index contributed by atoms with van der Waals surface area (Å²) in [6.07, 6.45) is -3.56. The van der Waals surface area contributed by atoms with E-state index in [2.05, 4.69) is 10.1 Å². The molecule has 4 aromatic rings. The van der Waals surface area contributed by atoms with Gasteiger partial charge in [0.05, 0.1) is 18.5 Å². The summed E-state index contributed by atoms with van der Waals surface area (Å²) in [6.45, 7) is 3.33. The maximum Gasteiger partial charge on any atom is 0.434 e. The van der Waals surface area contributed by atoms with Crippen molar-refractivity contribution in [3.8, 4) is 22.8 Å². The quantitative estimate of drug-likeness (QED) is 0.231. The number of nitrogens with zero attached hydrogens (tertiary/aromatic N) is 3. The number of halogens is 4. The maximum atomic E-state index is 14.3. The lowest BCUT2D eigenvalue weighted by molar-refractivity contribution is -0.143. The van der Waals surface area contributed by atoms with E-state index in [1.807, 2.05) is 6.92 Å². The van der Waals surface area contributed by atoms with Crippen molar-refractivity contribution < 1.29 is 32.2 Å². The van der Waals surface area contributed by atoms with Gasteiger partial charge in [-0.25, -0.2) is 18.9 Å². The van der Waals surface area contributed by atoms with Gasteiger partial charge < -0.3 is 9.84 Å². The first-order valence-electron chi connectivity index (χ1n) is 11.5. The third-order valence-corrected chi connectivity index (χ3v) is 5.78. The summed E-state index contributed by atoms with van der Waals surface area (Å²) in [5, 5.41) is 13.3. The Bertz CT molecular complexity index is 1420. The molecule has 6 nitrogen and oxygen atoms in total. The Morgan fingerprint density at radius 1 is 1.11 bits per heavy atom. The summed E-state index contributed by atoms with van der Waals surface area (Å²) in [4.78, 5) is 16.5. The number of hydrogen-bond donors (Lipinski definition) is 1. The molecule has 0 spiro atoms. The number of aromatic hydroxyl groups is 1. The first-order valence-corrected chi connectivity index (χ1v) is 11.5. The van der Waals surface area contributed by atoms with Crippen LogP contribution < -0.4 is 0 Å². The average Bonchev–Trinajstić information content (AvgIpc) is 3.32. The van der Waals surface area contributed by atoms with Gasteiger partial charge >= 0.3 is 12.1 Å². The molecule has 1 unspecified atom stereocenters. The molecule has 4 rings (SSSR count). The van der Waals surface area contributed by atoms with Crippen molar-refractivity contribution in [3.63, 3.8) is 0 Å². The summed E-state index contributed by atoms with van der Waals surface area (Å²) in [5.41, 5.74) is 0.305. The van der Waals surface area contributed by atoms with Crippen molar-refractivity contribution >= 4 is 5.97 Å². The first kappa shape index (κ1) is 25.9. The number of benzene rings is 2. The van der Waals surface area contributed by atoms with Crippen LogP contribution in [0.15, 0.2) is 66.9 Å². The van der Waals surface area contributed by atoms with Crippen molar-refractivity contribution in [1.82, 2.24) is 14.8 Å². The van der Waals surface area contributed by atoms with E-state index in [0.717, 1.165) is 17.3 Å². The van der Waals surface area contributed by atoms with Gasteiger partial charge in [0.1, 0.15) is 17.1 Å². The number of pyridine rings is 1. The van der Waals surface area contributed by atoms with Crippen LogP contribution in [0, 0.1) is 5.82 Å². The summed E-state index contributed by atoms with van der Waals surface area (Å²) in [7, 11) is 0. The summed E-state index contributed by atoms with van der Waals surface area (Å²) in [6, 6.07) is 15.3. The van der Waals surface area contributed by atoms with Crippen LogP contribution in [0.25, 0.3) is 17.1 Å². The average molecular weight is 513 g/mol. The van der Waals surface area contributed by atoms with Gasteiger partial charge in [0.25, 0.3) is 0 Å². The smallest absolute Gasteiger partial charge is 0.434 e. The highest BCUT2D eigenvalue weighted by atomic mass is 19.4. The number of ether oxygens (including phenoxy) is 1. The minimum Gasteiger partial charge on any atom is -0.508 e.